The molecule has 1 fully saturated rings. The van der Waals surface area contributed by atoms with Gasteiger partial charge in [0.1, 0.15) is 5.82 Å². The first-order chi connectivity index (χ1) is 8.00. The standard InChI is InChI=1S/C12H19N3O2/c1-8-11(12(16)17)13-9(2)15(8)10-4-6-14(3)7-5-10/h10H,4-7H2,1-3H3,(H,16,17). The van der Waals surface area contributed by atoms with Crippen LogP contribution in [0, 0.1) is 13.8 Å². The van der Waals surface area contributed by atoms with Crippen LogP contribution in [0.15, 0.2) is 0 Å². The van der Waals surface area contributed by atoms with Crippen molar-refractivity contribution in [3.8, 4) is 0 Å². The van der Waals surface area contributed by atoms with Gasteiger partial charge >= 0.3 is 5.97 Å². The van der Waals surface area contributed by atoms with E-state index in [4.69, 9.17) is 5.11 Å². The van der Waals surface area contributed by atoms with Gasteiger partial charge in [-0.15, -0.1) is 0 Å². The van der Waals surface area contributed by atoms with E-state index in [1.165, 1.54) is 0 Å². The van der Waals surface area contributed by atoms with E-state index in [0.717, 1.165) is 37.4 Å². The van der Waals surface area contributed by atoms with E-state index in [1.807, 2.05) is 13.8 Å². The van der Waals surface area contributed by atoms with Gasteiger partial charge in [0.2, 0.25) is 0 Å². The van der Waals surface area contributed by atoms with Gasteiger partial charge in [0.15, 0.2) is 5.69 Å². The molecule has 1 N–H and O–H groups in total. The third-order valence-electron chi connectivity index (χ3n) is 3.58. The molecule has 1 aliphatic rings. The van der Waals surface area contributed by atoms with E-state index in [2.05, 4.69) is 21.5 Å². The van der Waals surface area contributed by atoms with Crippen molar-refractivity contribution in [3.05, 3.63) is 17.2 Å². The fourth-order valence-electron chi connectivity index (χ4n) is 2.65. The quantitative estimate of drug-likeness (QED) is 0.846. The normalized spacial score (nSPS) is 18.5. The van der Waals surface area contributed by atoms with E-state index in [0.29, 0.717) is 6.04 Å². The highest BCUT2D eigenvalue weighted by molar-refractivity contribution is 5.86. The molecule has 1 aliphatic heterocycles. The molecule has 2 heterocycles. The number of hydrogen-bond acceptors (Lipinski definition) is 3. The second kappa shape index (κ2) is 4.49. The molecule has 17 heavy (non-hydrogen) atoms. The lowest BCUT2D eigenvalue weighted by Gasteiger charge is -2.31. The molecule has 0 amide bonds. The molecule has 0 saturated carbocycles. The summed E-state index contributed by atoms with van der Waals surface area (Å²) in [5, 5.41) is 9.06. The van der Waals surface area contributed by atoms with Crippen LogP contribution in [-0.4, -0.2) is 45.7 Å². The number of aryl methyl sites for hydroxylation is 1. The van der Waals surface area contributed by atoms with Crippen LogP contribution in [0.5, 0.6) is 0 Å². The number of aromatic carboxylic acids is 1. The number of carboxylic acid groups (broad SMARTS) is 1. The summed E-state index contributed by atoms with van der Waals surface area (Å²) in [6.45, 7) is 5.85. The molecule has 0 unspecified atom stereocenters. The number of carboxylic acids is 1. The van der Waals surface area contributed by atoms with Crippen molar-refractivity contribution < 1.29 is 9.90 Å². The van der Waals surface area contributed by atoms with E-state index in [-0.39, 0.29) is 5.69 Å². The molecule has 0 atom stereocenters. The van der Waals surface area contributed by atoms with E-state index in [1.54, 1.807) is 0 Å². The predicted molar refractivity (Wildman–Crippen MR) is 64.4 cm³/mol. The fourth-order valence-corrected chi connectivity index (χ4v) is 2.65. The molecular weight excluding hydrogens is 218 g/mol. The molecule has 2 rings (SSSR count). The van der Waals surface area contributed by atoms with Gasteiger partial charge in [0.25, 0.3) is 0 Å². The van der Waals surface area contributed by atoms with Crippen molar-refractivity contribution in [2.24, 2.45) is 0 Å². The molecule has 94 valence electrons. The van der Waals surface area contributed by atoms with Gasteiger partial charge < -0.3 is 14.6 Å². The van der Waals surface area contributed by atoms with Crippen molar-refractivity contribution in [2.75, 3.05) is 20.1 Å². The smallest absolute Gasteiger partial charge is 0.356 e. The highest BCUT2D eigenvalue weighted by atomic mass is 16.4. The third kappa shape index (κ3) is 2.20. The summed E-state index contributed by atoms with van der Waals surface area (Å²) < 4.78 is 2.09. The minimum atomic E-state index is -0.933. The molecule has 5 heteroatoms. The van der Waals surface area contributed by atoms with Gasteiger partial charge in [-0.1, -0.05) is 0 Å². The van der Waals surface area contributed by atoms with Crippen molar-refractivity contribution in [1.29, 1.82) is 0 Å². The first-order valence-electron chi connectivity index (χ1n) is 5.98. The lowest BCUT2D eigenvalue weighted by molar-refractivity contribution is 0.0690. The molecule has 0 radical (unpaired) electrons. The SMILES string of the molecule is Cc1nc(C(=O)O)c(C)n1C1CCN(C)CC1. The van der Waals surface area contributed by atoms with Crippen LogP contribution < -0.4 is 0 Å². The van der Waals surface area contributed by atoms with Gasteiger partial charge in [-0.3, -0.25) is 0 Å². The number of rotatable bonds is 2. The zero-order chi connectivity index (χ0) is 12.6. The van der Waals surface area contributed by atoms with E-state index >= 15 is 0 Å². The number of nitrogens with zero attached hydrogens (tertiary/aromatic N) is 3. The van der Waals surface area contributed by atoms with Crippen LogP contribution in [0.3, 0.4) is 0 Å². The Hall–Kier alpha value is -1.36. The molecule has 0 aromatic carbocycles. The molecule has 1 aromatic heterocycles. The summed E-state index contributed by atoms with van der Waals surface area (Å²) in [6.07, 6.45) is 2.13. The fraction of sp³-hybridized carbons (Fsp3) is 0.667. The largest absolute Gasteiger partial charge is 0.476 e. The second-order valence-electron chi connectivity index (χ2n) is 4.80. The first kappa shape index (κ1) is 12.1. The van der Waals surface area contributed by atoms with Crippen LogP contribution in [0.2, 0.25) is 0 Å². The molecule has 0 spiro atoms. The first-order valence-corrected chi connectivity index (χ1v) is 5.98. The summed E-state index contributed by atoms with van der Waals surface area (Å²) in [7, 11) is 2.12. The molecule has 5 nitrogen and oxygen atoms in total. The Kier molecular flexibility index (Phi) is 3.19. The predicted octanol–water partition coefficient (Wildman–Crippen LogP) is 1.46. The number of aromatic nitrogens is 2. The minimum absolute atomic E-state index is 0.196. The van der Waals surface area contributed by atoms with Gasteiger partial charge in [-0.05, 0) is 46.8 Å². The summed E-state index contributed by atoms with van der Waals surface area (Å²) in [5.74, 6) is -0.119. The third-order valence-corrected chi connectivity index (χ3v) is 3.58. The van der Waals surface area contributed by atoms with Gasteiger partial charge in [-0.2, -0.15) is 0 Å². The number of hydrogen-bond donors (Lipinski definition) is 1. The van der Waals surface area contributed by atoms with Crippen LogP contribution >= 0.6 is 0 Å². The topological polar surface area (TPSA) is 58.4 Å². The average Bonchev–Trinajstić information content (AvgIpc) is 2.56. The number of imidazole rings is 1. The maximum atomic E-state index is 11.0. The Bertz CT molecular complexity index is 431. The highest BCUT2D eigenvalue weighted by Crippen LogP contribution is 2.26. The summed E-state index contributed by atoms with van der Waals surface area (Å²) in [6, 6.07) is 0.395. The number of likely N-dealkylation sites (tertiary alicyclic amines) is 1. The second-order valence-corrected chi connectivity index (χ2v) is 4.80. The van der Waals surface area contributed by atoms with Crippen molar-refractivity contribution in [1.82, 2.24) is 14.5 Å². The lowest BCUT2D eigenvalue weighted by atomic mass is 10.0. The highest BCUT2D eigenvalue weighted by Gasteiger charge is 2.24. The lowest BCUT2D eigenvalue weighted by Crippen LogP contribution is -2.32. The van der Waals surface area contributed by atoms with Gasteiger partial charge in [0, 0.05) is 11.7 Å². The van der Waals surface area contributed by atoms with Crippen LogP contribution in [-0.2, 0) is 0 Å². The zero-order valence-electron chi connectivity index (χ0n) is 10.6. The monoisotopic (exact) mass is 237 g/mol. The van der Waals surface area contributed by atoms with Crippen molar-refractivity contribution in [2.45, 2.75) is 32.7 Å². The maximum absolute atomic E-state index is 11.0. The molecule has 0 bridgehead atoms. The average molecular weight is 237 g/mol. The van der Waals surface area contributed by atoms with Crippen LogP contribution in [0.1, 0.15) is 40.9 Å². The Morgan fingerprint density at radius 2 is 1.94 bits per heavy atom. The number of carbonyl (C=O) groups is 1. The molecule has 1 saturated heterocycles. The molecular formula is C12H19N3O2. The number of piperidine rings is 1. The Labute approximate surface area is 101 Å². The van der Waals surface area contributed by atoms with Crippen LogP contribution in [0.25, 0.3) is 0 Å². The van der Waals surface area contributed by atoms with Gasteiger partial charge in [-0.25, -0.2) is 9.78 Å². The van der Waals surface area contributed by atoms with Crippen molar-refractivity contribution >= 4 is 5.97 Å². The minimum Gasteiger partial charge on any atom is -0.476 e. The summed E-state index contributed by atoms with van der Waals surface area (Å²) in [5.41, 5.74) is 0.978. The van der Waals surface area contributed by atoms with Crippen molar-refractivity contribution in [3.63, 3.8) is 0 Å². The van der Waals surface area contributed by atoms with Crippen LogP contribution in [0.4, 0.5) is 0 Å². The van der Waals surface area contributed by atoms with E-state index in [9.17, 15) is 4.79 Å². The van der Waals surface area contributed by atoms with E-state index < -0.39 is 5.97 Å². The van der Waals surface area contributed by atoms with Gasteiger partial charge in [0.05, 0.1) is 0 Å². The summed E-state index contributed by atoms with van der Waals surface area (Å²) in [4.78, 5) is 17.5. The Morgan fingerprint density at radius 1 is 1.35 bits per heavy atom. The Balaban J connectivity index is 2.29. The molecule has 1 aromatic rings. The Morgan fingerprint density at radius 3 is 2.41 bits per heavy atom. The zero-order valence-corrected chi connectivity index (χ0v) is 10.6. The maximum Gasteiger partial charge on any atom is 0.356 e. The summed E-state index contributed by atoms with van der Waals surface area (Å²) >= 11 is 0. The molecule has 0 aliphatic carbocycles.